The second kappa shape index (κ2) is 8.97. The highest BCUT2D eigenvalue weighted by Gasteiger charge is 2.32. The Morgan fingerprint density at radius 1 is 1.40 bits per heavy atom. The van der Waals surface area contributed by atoms with Gasteiger partial charge in [0.25, 0.3) is 0 Å². The fourth-order valence-electron chi connectivity index (χ4n) is 3.93. The van der Waals surface area contributed by atoms with Crippen molar-refractivity contribution < 1.29 is 14.3 Å². The molecule has 3 heterocycles. The van der Waals surface area contributed by atoms with E-state index < -0.39 is 6.04 Å². The molecule has 0 radical (unpaired) electrons. The van der Waals surface area contributed by atoms with Gasteiger partial charge in [0.15, 0.2) is 0 Å². The van der Waals surface area contributed by atoms with Crippen LogP contribution in [-0.4, -0.2) is 51.9 Å². The lowest BCUT2D eigenvalue weighted by atomic mass is 10.0. The van der Waals surface area contributed by atoms with E-state index in [1.165, 1.54) is 6.92 Å². The Balaban J connectivity index is 1.40. The molecule has 158 valence electrons. The highest BCUT2D eigenvalue weighted by molar-refractivity contribution is 7.09. The average molecular weight is 427 g/mol. The summed E-state index contributed by atoms with van der Waals surface area (Å²) in [4.78, 5) is 34.4. The molecule has 1 saturated heterocycles. The van der Waals surface area contributed by atoms with E-state index in [1.807, 2.05) is 42.8 Å². The Morgan fingerprint density at radius 3 is 3.00 bits per heavy atom. The number of hydrogen-bond acceptors (Lipinski definition) is 5. The number of thiazole rings is 1. The third-order valence-corrected chi connectivity index (χ3v) is 6.19. The number of carbonyl (C=O) groups is 2. The van der Waals surface area contributed by atoms with Crippen LogP contribution in [0.5, 0.6) is 0 Å². The van der Waals surface area contributed by atoms with Crippen molar-refractivity contribution in [3.8, 4) is 0 Å². The van der Waals surface area contributed by atoms with Crippen LogP contribution in [0.15, 0.2) is 35.8 Å². The molecular weight excluding hydrogens is 400 g/mol. The first-order chi connectivity index (χ1) is 14.5. The normalized spacial score (nSPS) is 17.4. The maximum atomic E-state index is 13.2. The number of nitrogens with one attached hydrogen (secondary N) is 2. The smallest absolute Gasteiger partial charge is 0.245 e. The van der Waals surface area contributed by atoms with Crippen molar-refractivity contribution in [2.24, 2.45) is 0 Å². The minimum Gasteiger partial charge on any atom is -0.370 e. The molecule has 2 atom stereocenters. The fraction of sp³-hybridized carbons (Fsp3) is 0.409. The van der Waals surface area contributed by atoms with Crippen LogP contribution in [0.4, 0.5) is 0 Å². The molecule has 2 amide bonds. The van der Waals surface area contributed by atoms with E-state index in [1.54, 1.807) is 16.2 Å². The van der Waals surface area contributed by atoms with Gasteiger partial charge in [-0.15, -0.1) is 11.3 Å². The summed E-state index contributed by atoms with van der Waals surface area (Å²) in [6.45, 7) is 5.04. The highest BCUT2D eigenvalue weighted by Crippen LogP contribution is 2.21. The molecular formula is C22H26N4O3S. The molecule has 1 aromatic carbocycles. The number of nitrogens with zero attached hydrogens (tertiary/aromatic N) is 2. The van der Waals surface area contributed by atoms with Gasteiger partial charge in [0, 0.05) is 48.9 Å². The van der Waals surface area contributed by atoms with Crippen LogP contribution in [0.1, 0.15) is 29.6 Å². The van der Waals surface area contributed by atoms with E-state index in [0.717, 1.165) is 33.6 Å². The lowest BCUT2D eigenvalue weighted by Gasteiger charge is -2.24. The molecule has 2 N–H and O–H groups in total. The van der Waals surface area contributed by atoms with Crippen molar-refractivity contribution in [3.05, 3.63) is 52.1 Å². The summed E-state index contributed by atoms with van der Waals surface area (Å²) in [6, 6.07) is 7.37. The monoisotopic (exact) mass is 426 g/mol. The van der Waals surface area contributed by atoms with Crippen LogP contribution in [0.3, 0.4) is 0 Å². The summed E-state index contributed by atoms with van der Waals surface area (Å²) in [7, 11) is 0. The van der Waals surface area contributed by atoms with E-state index in [4.69, 9.17) is 4.74 Å². The number of H-pyrrole nitrogens is 1. The Bertz CT molecular complexity index is 1040. The van der Waals surface area contributed by atoms with Gasteiger partial charge in [-0.25, -0.2) is 4.98 Å². The molecule has 0 spiro atoms. The zero-order valence-corrected chi connectivity index (χ0v) is 18.0. The molecule has 1 aliphatic rings. The summed E-state index contributed by atoms with van der Waals surface area (Å²) in [6.07, 6.45) is 3.14. The maximum Gasteiger partial charge on any atom is 0.245 e. The lowest BCUT2D eigenvalue weighted by molar-refractivity contribution is -0.135. The van der Waals surface area contributed by atoms with Crippen LogP contribution < -0.4 is 5.32 Å². The van der Waals surface area contributed by atoms with E-state index in [2.05, 4.69) is 15.3 Å². The Labute approximate surface area is 179 Å². The van der Waals surface area contributed by atoms with Gasteiger partial charge in [-0.05, 0) is 25.0 Å². The van der Waals surface area contributed by atoms with E-state index in [0.29, 0.717) is 26.1 Å². The summed E-state index contributed by atoms with van der Waals surface area (Å²) in [5.74, 6) is -0.273. The molecule has 1 aliphatic heterocycles. The molecule has 4 rings (SSSR count). The van der Waals surface area contributed by atoms with Crippen LogP contribution in [-0.2, 0) is 27.4 Å². The van der Waals surface area contributed by atoms with Gasteiger partial charge in [0.05, 0.1) is 23.4 Å². The van der Waals surface area contributed by atoms with Gasteiger partial charge >= 0.3 is 0 Å². The quantitative estimate of drug-likeness (QED) is 0.608. The maximum absolute atomic E-state index is 13.2. The number of amides is 2. The predicted octanol–water partition coefficient (Wildman–Crippen LogP) is 2.80. The number of rotatable bonds is 7. The first-order valence-corrected chi connectivity index (χ1v) is 11.0. The molecule has 0 saturated carbocycles. The number of benzene rings is 1. The zero-order chi connectivity index (χ0) is 21.1. The number of ether oxygens (including phenoxy) is 1. The number of carbonyl (C=O) groups excluding carboxylic acids is 2. The number of fused-ring (bicyclic) bond motifs is 1. The number of hydrogen-bond donors (Lipinski definition) is 2. The molecule has 0 aliphatic carbocycles. The van der Waals surface area contributed by atoms with Gasteiger partial charge in [-0.3, -0.25) is 9.59 Å². The summed E-state index contributed by atoms with van der Waals surface area (Å²) in [5.41, 5.74) is 2.97. The fourth-order valence-corrected chi connectivity index (χ4v) is 4.53. The van der Waals surface area contributed by atoms with Gasteiger partial charge < -0.3 is 19.9 Å². The van der Waals surface area contributed by atoms with Crippen LogP contribution >= 0.6 is 11.3 Å². The summed E-state index contributed by atoms with van der Waals surface area (Å²) < 4.78 is 5.97. The van der Waals surface area contributed by atoms with Gasteiger partial charge in [0.1, 0.15) is 6.04 Å². The van der Waals surface area contributed by atoms with E-state index in [-0.39, 0.29) is 17.9 Å². The van der Waals surface area contributed by atoms with E-state index >= 15 is 0 Å². The SMILES string of the molecule is CC(=O)N[C@H](Cc1c[nH]c2ccccc12)C(=O)N1CC[C@H](OCc2csc(C)n2)C1. The van der Waals surface area contributed by atoms with Gasteiger partial charge in [0.2, 0.25) is 11.8 Å². The van der Waals surface area contributed by atoms with Crippen molar-refractivity contribution in [2.45, 2.75) is 45.4 Å². The zero-order valence-electron chi connectivity index (χ0n) is 17.2. The first-order valence-electron chi connectivity index (χ1n) is 10.1. The average Bonchev–Trinajstić information content (AvgIpc) is 3.45. The third-order valence-electron chi connectivity index (χ3n) is 5.36. The molecule has 3 aromatic rings. The second-order valence-corrected chi connectivity index (χ2v) is 8.74. The van der Waals surface area contributed by atoms with Gasteiger partial charge in [-0.2, -0.15) is 0 Å². The molecule has 0 unspecified atom stereocenters. The largest absolute Gasteiger partial charge is 0.370 e. The predicted molar refractivity (Wildman–Crippen MR) is 116 cm³/mol. The van der Waals surface area contributed by atoms with Crippen molar-refractivity contribution in [2.75, 3.05) is 13.1 Å². The first kappa shape index (κ1) is 20.6. The molecule has 0 bridgehead atoms. The minimum absolute atomic E-state index is 0.0120. The van der Waals surface area contributed by atoms with Crippen molar-refractivity contribution in [1.29, 1.82) is 0 Å². The number of aromatic nitrogens is 2. The number of para-hydroxylation sites is 1. The van der Waals surface area contributed by atoms with Crippen LogP contribution in [0.25, 0.3) is 10.9 Å². The Kier molecular flexibility index (Phi) is 6.15. The van der Waals surface area contributed by atoms with Crippen molar-refractivity contribution in [1.82, 2.24) is 20.2 Å². The van der Waals surface area contributed by atoms with Crippen LogP contribution in [0.2, 0.25) is 0 Å². The summed E-state index contributed by atoms with van der Waals surface area (Å²) in [5, 5.41) is 6.93. The van der Waals surface area contributed by atoms with Gasteiger partial charge in [-0.1, -0.05) is 18.2 Å². The molecule has 7 nitrogen and oxygen atoms in total. The second-order valence-electron chi connectivity index (χ2n) is 7.68. The molecule has 30 heavy (non-hydrogen) atoms. The standard InChI is InChI=1S/C22H26N4O3S/c1-14(27)24-21(9-16-10-23-20-6-4-3-5-19(16)20)22(28)26-8-7-18(11-26)29-12-17-13-30-15(2)25-17/h3-6,10,13,18,21,23H,7-9,11-12H2,1-2H3,(H,24,27)/t18-,21+/m0/s1. The topological polar surface area (TPSA) is 87.3 Å². The number of likely N-dealkylation sites (tertiary alicyclic amines) is 1. The molecule has 8 heteroatoms. The highest BCUT2D eigenvalue weighted by atomic mass is 32.1. The van der Waals surface area contributed by atoms with Crippen molar-refractivity contribution >= 4 is 34.1 Å². The number of aryl methyl sites for hydroxylation is 1. The van der Waals surface area contributed by atoms with E-state index in [9.17, 15) is 9.59 Å². The molecule has 2 aromatic heterocycles. The lowest BCUT2D eigenvalue weighted by Crippen LogP contribution is -2.48. The third kappa shape index (κ3) is 4.71. The van der Waals surface area contributed by atoms with Crippen LogP contribution in [0, 0.1) is 6.92 Å². The minimum atomic E-state index is -0.596. The number of aromatic amines is 1. The summed E-state index contributed by atoms with van der Waals surface area (Å²) >= 11 is 1.61. The van der Waals surface area contributed by atoms with Crippen molar-refractivity contribution in [3.63, 3.8) is 0 Å². The Morgan fingerprint density at radius 2 is 2.23 bits per heavy atom. The molecule has 1 fully saturated rings. The Hall–Kier alpha value is -2.71.